The lowest BCUT2D eigenvalue weighted by Crippen LogP contribution is -2.40. The van der Waals surface area contributed by atoms with Crippen molar-refractivity contribution in [1.29, 1.82) is 0 Å². The zero-order valence-corrected chi connectivity index (χ0v) is 19.0. The largest absolute Gasteiger partial charge is 0.497 e. The van der Waals surface area contributed by atoms with Crippen LogP contribution in [0.5, 0.6) is 17.2 Å². The van der Waals surface area contributed by atoms with Crippen LogP contribution in [0.15, 0.2) is 53.4 Å². The number of amides is 1. The molecule has 0 radical (unpaired) electrons. The van der Waals surface area contributed by atoms with Gasteiger partial charge in [-0.15, -0.1) is 0 Å². The number of ether oxygens (including phenoxy) is 4. The smallest absolute Gasteiger partial charge is 0.260 e. The third kappa shape index (κ3) is 6.35. The molecular formula is C22H28N2O7S. The second-order valence-corrected chi connectivity index (χ2v) is 9.00. The molecule has 1 N–H and O–H groups in total. The predicted octanol–water partition coefficient (Wildman–Crippen LogP) is 1.68. The van der Waals surface area contributed by atoms with Gasteiger partial charge in [0.1, 0.15) is 23.9 Å². The van der Waals surface area contributed by atoms with Crippen molar-refractivity contribution < 1.29 is 32.2 Å². The second kappa shape index (κ2) is 11.2. The fraction of sp³-hybridized carbons (Fsp3) is 0.409. The number of hydrogen-bond donors (Lipinski definition) is 1. The molecule has 0 unspecified atom stereocenters. The highest BCUT2D eigenvalue weighted by atomic mass is 32.2. The first kappa shape index (κ1) is 23.8. The monoisotopic (exact) mass is 464 g/mol. The molecule has 0 bridgehead atoms. The Labute approximate surface area is 188 Å². The Balaban J connectivity index is 1.41. The van der Waals surface area contributed by atoms with Crippen molar-refractivity contribution in [2.24, 2.45) is 0 Å². The van der Waals surface area contributed by atoms with Crippen molar-refractivity contribution in [3.05, 3.63) is 48.5 Å². The highest BCUT2D eigenvalue weighted by molar-refractivity contribution is 7.89. The van der Waals surface area contributed by atoms with E-state index in [0.29, 0.717) is 43.6 Å². The number of rotatable bonds is 10. The Morgan fingerprint density at radius 2 is 1.62 bits per heavy atom. The maximum atomic E-state index is 12.6. The van der Waals surface area contributed by atoms with E-state index in [0.717, 1.165) is 0 Å². The molecule has 0 saturated carbocycles. The Morgan fingerprint density at radius 1 is 1.03 bits per heavy atom. The van der Waals surface area contributed by atoms with Crippen LogP contribution in [0, 0.1) is 0 Å². The molecule has 1 aliphatic heterocycles. The van der Waals surface area contributed by atoms with Gasteiger partial charge in [0.25, 0.3) is 5.91 Å². The summed E-state index contributed by atoms with van der Waals surface area (Å²) in [4.78, 5) is 12.4. The highest BCUT2D eigenvalue weighted by Gasteiger charge is 2.26. The molecule has 2 aromatic carbocycles. The molecule has 1 atom stereocenters. The summed E-state index contributed by atoms with van der Waals surface area (Å²) in [7, 11) is -1.96. The molecular weight excluding hydrogens is 436 g/mol. The molecule has 174 valence electrons. The average Bonchev–Trinajstić information content (AvgIpc) is 2.83. The molecule has 2 aromatic rings. The molecule has 1 fully saturated rings. The standard InChI is InChI=1S/C22H28N2O7S/c1-17(31-20-5-3-18(28-2)4-6-20)22(25)23-11-14-30-19-7-9-21(10-8-19)32(26,27)24-12-15-29-16-13-24/h3-10,17H,11-16H2,1-2H3,(H,23,25)/t17-/m1/s1. The van der Waals surface area contributed by atoms with E-state index in [2.05, 4.69) is 5.32 Å². The Hall–Kier alpha value is -2.82. The van der Waals surface area contributed by atoms with Gasteiger partial charge in [-0.3, -0.25) is 4.79 Å². The molecule has 3 rings (SSSR count). The fourth-order valence-electron chi connectivity index (χ4n) is 3.04. The van der Waals surface area contributed by atoms with Gasteiger partial charge in [-0.2, -0.15) is 4.31 Å². The van der Waals surface area contributed by atoms with Crippen LogP contribution in [0.2, 0.25) is 0 Å². The van der Waals surface area contributed by atoms with E-state index in [9.17, 15) is 13.2 Å². The summed E-state index contributed by atoms with van der Waals surface area (Å²) < 4.78 is 48.2. The van der Waals surface area contributed by atoms with E-state index in [-0.39, 0.29) is 24.0 Å². The predicted molar refractivity (Wildman–Crippen MR) is 118 cm³/mol. The van der Waals surface area contributed by atoms with Gasteiger partial charge in [0.2, 0.25) is 10.0 Å². The number of nitrogens with one attached hydrogen (secondary N) is 1. The van der Waals surface area contributed by atoms with Crippen molar-refractivity contribution in [3.8, 4) is 17.2 Å². The molecule has 0 aliphatic carbocycles. The molecule has 0 spiro atoms. The van der Waals surface area contributed by atoms with E-state index in [4.69, 9.17) is 18.9 Å². The van der Waals surface area contributed by atoms with Crippen molar-refractivity contribution in [1.82, 2.24) is 9.62 Å². The highest BCUT2D eigenvalue weighted by Crippen LogP contribution is 2.21. The molecule has 1 aliphatic rings. The van der Waals surface area contributed by atoms with E-state index < -0.39 is 16.1 Å². The second-order valence-electron chi connectivity index (χ2n) is 7.06. The number of benzene rings is 2. The number of carbonyl (C=O) groups is 1. The topological polar surface area (TPSA) is 103 Å². The van der Waals surface area contributed by atoms with Gasteiger partial charge in [-0.25, -0.2) is 8.42 Å². The van der Waals surface area contributed by atoms with Crippen LogP contribution in [0.1, 0.15) is 6.92 Å². The Kier molecular flexibility index (Phi) is 8.32. The van der Waals surface area contributed by atoms with Crippen molar-refractivity contribution in [2.45, 2.75) is 17.9 Å². The van der Waals surface area contributed by atoms with Gasteiger partial charge in [0.05, 0.1) is 31.8 Å². The lowest BCUT2D eigenvalue weighted by atomic mass is 10.3. The lowest BCUT2D eigenvalue weighted by molar-refractivity contribution is -0.127. The van der Waals surface area contributed by atoms with Gasteiger partial charge in [-0.05, 0) is 55.5 Å². The number of nitrogens with zero attached hydrogens (tertiary/aromatic N) is 1. The first-order valence-corrected chi connectivity index (χ1v) is 11.7. The molecule has 1 amide bonds. The van der Waals surface area contributed by atoms with Crippen LogP contribution in [-0.2, 0) is 19.6 Å². The maximum absolute atomic E-state index is 12.6. The molecule has 10 heteroatoms. The van der Waals surface area contributed by atoms with Crippen molar-refractivity contribution >= 4 is 15.9 Å². The number of methoxy groups -OCH3 is 1. The van der Waals surface area contributed by atoms with Crippen LogP contribution >= 0.6 is 0 Å². The zero-order chi connectivity index (χ0) is 23.0. The first-order chi connectivity index (χ1) is 15.4. The van der Waals surface area contributed by atoms with Crippen LogP contribution < -0.4 is 19.5 Å². The third-order valence-corrected chi connectivity index (χ3v) is 6.76. The van der Waals surface area contributed by atoms with E-state index in [1.807, 2.05) is 0 Å². The summed E-state index contributed by atoms with van der Waals surface area (Å²) >= 11 is 0. The van der Waals surface area contributed by atoms with E-state index in [1.54, 1.807) is 50.4 Å². The normalized spacial score (nSPS) is 15.6. The van der Waals surface area contributed by atoms with E-state index >= 15 is 0 Å². The third-order valence-electron chi connectivity index (χ3n) is 4.84. The minimum absolute atomic E-state index is 0.213. The van der Waals surface area contributed by atoms with Gasteiger partial charge < -0.3 is 24.3 Å². The molecule has 0 aromatic heterocycles. The van der Waals surface area contributed by atoms with Crippen LogP contribution in [0.4, 0.5) is 0 Å². The number of sulfonamides is 1. The van der Waals surface area contributed by atoms with Gasteiger partial charge in [0, 0.05) is 13.1 Å². The number of morpholine rings is 1. The maximum Gasteiger partial charge on any atom is 0.260 e. The summed E-state index contributed by atoms with van der Waals surface area (Å²) in [6.45, 7) is 3.67. The number of hydrogen-bond acceptors (Lipinski definition) is 7. The summed E-state index contributed by atoms with van der Waals surface area (Å²) in [5.74, 6) is 1.52. The van der Waals surface area contributed by atoms with Crippen LogP contribution in [-0.4, -0.2) is 71.3 Å². The summed E-state index contributed by atoms with van der Waals surface area (Å²) in [6.07, 6.45) is -0.673. The Bertz CT molecular complexity index is 972. The van der Waals surface area contributed by atoms with Crippen LogP contribution in [0.25, 0.3) is 0 Å². The molecule has 32 heavy (non-hydrogen) atoms. The summed E-state index contributed by atoms with van der Waals surface area (Å²) in [6, 6.07) is 13.2. The van der Waals surface area contributed by atoms with Crippen molar-refractivity contribution in [3.63, 3.8) is 0 Å². The van der Waals surface area contributed by atoms with E-state index in [1.165, 1.54) is 16.4 Å². The van der Waals surface area contributed by atoms with Crippen molar-refractivity contribution in [2.75, 3.05) is 46.6 Å². The zero-order valence-electron chi connectivity index (χ0n) is 18.2. The SMILES string of the molecule is COc1ccc(O[C@H](C)C(=O)NCCOc2ccc(S(=O)(=O)N3CCOCC3)cc2)cc1. The van der Waals surface area contributed by atoms with Gasteiger partial charge >= 0.3 is 0 Å². The number of carbonyl (C=O) groups excluding carboxylic acids is 1. The summed E-state index contributed by atoms with van der Waals surface area (Å²) in [5.41, 5.74) is 0. The first-order valence-electron chi connectivity index (χ1n) is 10.3. The van der Waals surface area contributed by atoms with Gasteiger partial charge in [-0.1, -0.05) is 0 Å². The van der Waals surface area contributed by atoms with Gasteiger partial charge in [0.15, 0.2) is 6.10 Å². The molecule has 9 nitrogen and oxygen atoms in total. The summed E-state index contributed by atoms with van der Waals surface area (Å²) in [5, 5.41) is 2.75. The molecule has 1 heterocycles. The average molecular weight is 465 g/mol. The molecule has 1 saturated heterocycles. The fourth-order valence-corrected chi connectivity index (χ4v) is 4.45. The Morgan fingerprint density at radius 3 is 2.25 bits per heavy atom. The quantitative estimate of drug-likeness (QED) is 0.534. The van der Waals surface area contributed by atoms with Crippen LogP contribution in [0.3, 0.4) is 0 Å². The minimum atomic E-state index is -3.53. The minimum Gasteiger partial charge on any atom is -0.497 e. The lowest BCUT2D eigenvalue weighted by Gasteiger charge is -2.26.